The Labute approximate surface area is 163 Å². The van der Waals surface area contributed by atoms with Gasteiger partial charge in [0.15, 0.2) is 5.96 Å². The van der Waals surface area contributed by atoms with Gasteiger partial charge in [0.05, 0.1) is 6.54 Å². The van der Waals surface area contributed by atoms with Crippen molar-refractivity contribution in [3.63, 3.8) is 0 Å². The summed E-state index contributed by atoms with van der Waals surface area (Å²) in [6, 6.07) is 4.89. The van der Waals surface area contributed by atoms with Crippen molar-refractivity contribution in [2.24, 2.45) is 10.9 Å². The number of hydrogen-bond donors (Lipinski definition) is 2. The smallest absolute Gasteiger partial charge is 0.191 e. The van der Waals surface area contributed by atoms with Crippen LogP contribution in [0.4, 0.5) is 4.39 Å². The first kappa shape index (κ1) is 21.1. The molecule has 7 heteroatoms. The molecule has 0 radical (unpaired) electrons. The van der Waals surface area contributed by atoms with Crippen LogP contribution in [0.1, 0.15) is 31.7 Å². The van der Waals surface area contributed by atoms with Crippen molar-refractivity contribution in [2.75, 3.05) is 39.5 Å². The average Bonchev–Trinajstić information content (AvgIpc) is 2.65. The first-order valence-corrected chi connectivity index (χ1v) is 10.1. The highest BCUT2D eigenvalue weighted by Crippen LogP contribution is 2.16. The number of ether oxygens (including phenoxy) is 2. The van der Waals surface area contributed by atoms with Gasteiger partial charge < -0.3 is 20.1 Å². The first-order chi connectivity index (χ1) is 12.7. The van der Waals surface area contributed by atoms with Crippen LogP contribution in [0, 0.1) is 11.7 Å². The van der Waals surface area contributed by atoms with Gasteiger partial charge >= 0.3 is 0 Å². The van der Waals surface area contributed by atoms with E-state index in [0.29, 0.717) is 24.0 Å². The fourth-order valence-corrected chi connectivity index (χ4v) is 3.12. The number of nitrogens with zero attached hydrogens (tertiary/aromatic N) is 1. The van der Waals surface area contributed by atoms with Gasteiger partial charge in [-0.1, -0.05) is 15.9 Å². The van der Waals surface area contributed by atoms with Gasteiger partial charge in [-0.3, -0.25) is 0 Å². The Hall–Kier alpha value is -1.18. The largest absolute Gasteiger partial charge is 0.381 e. The van der Waals surface area contributed by atoms with Crippen LogP contribution in [0.5, 0.6) is 0 Å². The van der Waals surface area contributed by atoms with Gasteiger partial charge in [-0.2, -0.15) is 0 Å². The van der Waals surface area contributed by atoms with Gasteiger partial charge in [-0.25, -0.2) is 9.38 Å². The lowest BCUT2D eigenvalue weighted by Crippen LogP contribution is -2.38. The number of nitrogens with one attached hydrogen (secondary N) is 2. The molecule has 146 valence electrons. The molecule has 1 heterocycles. The zero-order chi connectivity index (χ0) is 18.6. The molecule has 0 bridgehead atoms. The van der Waals surface area contributed by atoms with E-state index < -0.39 is 0 Å². The highest BCUT2D eigenvalue weighted by Gasteiger charge is 2.13. The maximum Gasteiger partial charge on any atom is 0.191 e. The van der Waals surface area contributed by atoms with Crippen LogP contribution in [-0.2, 0) is 16.0 Å². The number of halogens is 2. The predicted octanol–water partition coefficient (Wildman–Crippen LogP) is 3.48. The molecule has 1 aliphatic heterocycles. The van der Waals surface area contributed by atoms with E-state index in [2.05, 4.69) is 31.6 Å². The number of rotatable bonds is 9. The van der Waals surface area contributed by atoms with E-state index in [-0.39, 0.29) is 5.82 Å². The summed E-state index contributed by atoms with van der Waals surface area (Å²) in [7, 11) is 0. The minimum absolute atomic E-state index is 0.241. The van der Waals surface area contributed by atoms with Crippen LogP contribution in [-0.4, -0.2) is 45.5 Å². The van der Waals surface area contributed by atoms with Gasteiger partial charge in [-0.15, -0.1) is 0 Å². The van der Waals surface area contributed by atoms with Gasteiger partial charge in [-0.05, 0) is 50.3 Å². The van der Waals surface area contributed by atoms with E-state index in [1.165, 1.54) is 6.07 Å². The molecule has 1 aromatic carbocycles. The Morgan fingerprint density at radius 3 is 2.92 bits per heavy atom. The third kappa shape index (κ3) is 8.01. The molecule has 2 rings (SSSR count). The molecule has 0 aliphatic carbocycles. The SMILES string of the molecule is CCNC(=NCc1cc(Br)ccc1F)NCCCOCC1CCOCC1. The first-order valence-electron chi connectivity index (χ1n) is 9.30. The summed E-state index contributed by atoms with van der Waals surface area (Å²) in [4.78, 5) is 4.46. The van der Waals surface area contributed by atoms with E-state index in [9.17, 15) is 4.39 Å². The molecule has 0 spiro atoms. The highest BCUT2D eigenvalue weighted by molar-refractivity contribution is 9.10. The summed E-state index contributed by atoms with van der Waals surface area (Å²) in [5.74, 6) is 1.08. The van der Waals surface area contributed by atoms with E-state index in [4.69, 9.17) is 9.47 Å². The second-order valence-electron chi connectivity index (χ2n) is 6.34. The second kappa shape index (κ2) is 12.3. The minimum atomic E-state index is -0.241. The summed E-state index contributed by atoms with van der Waals surface area (Å²) in [5.41, 5.74) is 0.566. The topological polar surface area (TPSA) is 54.9 Å². The molecule has 26 heavy (non-hydrogen) atoms. The van der Waals surface area contributed by atoms with Crippen molar-refractivity contribution >= 4 is 21.9 Å². The van der Waals surface area contributed by atoms with E-state index in [1.54, 1.807) is 12.1 Å². The standard InChI is InChI=1S/C19H29BrFN3O2/c1-2-22-19(24-13-16-12-17(20)4-5-18(16)21)23-8-3-9-26-14-15-6-10-25-11-7-15/h4-5,12,15H,2-3,6-11,13-14H2,1H3,(H2,22,23,24). The predicted molar refractivity (Wildman–Crippen MR) is 106 cm³/mol. The molecular weight excluding hydrogens is 401 g/mol. The normalized spacial score (nSPS) is 15.9. The molecule has 0 atom stereocenters. The summed E-state index contributed by atoms with van der Waals surface area (Å²) < 4.78 is 25.8. The van der Waals surface area contributed by atoms with Gasteiger partial charge in [0.2, 0.25) is 0 Å². The van der Waals surface area contributed by atoms with E-state index in [1.807, 2.05) is 6.92 Å². The Morgan fingerprint density at radius 1 is 1.35 bits per heavy atom. The van der Waals surface area contributed by atoms with Crippen LogP contribution in [0.25, 0.3) is 0 Å². The Kier molecular flexibility index (Phi) is 9.95. The fourth-order valence-electron chi connectivity index (χ4n) is 2.71. The summed E-state index contributed by atoms with van der Waals surface area (Å²) in [6.07, 6.45) is 3.10. The van der Waals surface area contributed by atoms with Crippen molar-refractivity contribution in [1.82, 2.24) is 10.6 Å². The van der Waals surface area contributed by atoms with Gasteiger partial charge in [0, 0.05) is 49.6 Å². The van der Waals surface area contributed by atoms with Gasteiger partial charge in [0.25, 0.3) is 0 Å². The Bertz CT molecular complexity index is 566. The molecule has 5 nitrogen and oxygen atoms in total. The van der Waals surface area contributed by atoms with Gasteiger partial charge in [0.1, 0.15) is 5.82 Å². The molecule has 0 amide bonds. The van der Waals surface area contributed by atoms with Crippen molar-refractivity contribution < 1.29 is 13.9 Å². The van der Waals surface area contributed by atoms with Crippen LogP contribution in [0.2, 0.25) is 0 Å². The maximum absolute atomic E-state index is 13.8. The molecule has 0 aromatic heterocycles. The van der Waals surface area contributed by atoms with Crippen molar-refractivity contribution in [3.8, 4) is 0 Å². The number of aliphatic imine (C=N–C) groups is 1. The molecule has 1 fully saturated rings. The minimum Gasteiger partial charge on any atom is -0.381 e. The molecule has 0 saturated carbocycles. The third-order valence-electron chi connectivity index (χ3n) is 4.21. The zero-order valence-electron chi connectivity index (χ0n) is 15.4. The lowest BCUT2D eigenvalue weighted by Gasteiger charge is -2.21. The highest BCUT2D eigenvalue weighted by atomic mass is 79.9. The van der Waals surface area contributed by atoms with Crippen LogP contribution in [0.15, 0.2) is 27.7 Å². The number of benzene rings is 1. The Balaban J connectivity index is 1.67. The third-order valence-corrected chi connectivity index (χ3v) is 4.71. The van der Waals surface area contributed by atoms with Crippen LogP contribution < -0.4 is 10.6 Å². The second-order valence-corrected chi connectivity index (χ2v) is 7.26. The molecule has 2 N–H and O–H groups in total. The molecular formula is C19H29BrFN3O2. The Morgan fingerprint density at radius 2 is 2.15 bits per heavy atom. The quantitative estimate of drug-likeness (QED) is 0.358. The molecule has 1 saturated heterocycles. The van der Waals surface area contributed by atoms with Crippen molar-refractivity contribution in [2.45, 2.75) is 32.7 Å². The molecule has 0 unspecified atom stereocenters. The van der Waals surface area contributed by atoms with Crippen LogP contribution in [0.3, 0.4) is 0 Å². The maximum atomic E-state index is 13.8. The van der Waals surface area contributed by atoms with Crippen molar-refractivity contribution in [3.05, 3.63) is 34.1 Å². The fraction of sp³-hybridized carbons (Fsp3) is 0.632. The lowest BCUT2D eigenvalue weighted by molar-refractivity contribution is 0.0203. The zero-order valence-corrected chi connectivity index (χ0v) is 17.0. The summed E-state index contributed by atoms with van der Waals surface area (Å²) in [6.45, 7) is 7.08. The van der Waals surface area contributed by atoms with Crippen molar-refractivity contribution in [1.29, 1.82) is 0 Å². The monoisotopic (exact) mass is 429 g/mol. The molecule has 1 aliphatic rings. The number of hydrogen-bond acceptors (Lipinski definition) is 3. The molecule has 1 aromatic rings. The van der Waals surface area contributed by atoms with E-state index >= 15 is 0 Å². The summed E-state index contributed by atoms with van der Waals surface area (Å²) >= 11 is 3.36. The average molecular weight is 430 g/mol. The van der Waals surface area contributed by atoms with Crippen LogP contribution >= 0.6 is 15.9 Å². The van der Waals surface area contributed by atoms with E-state index in [0.717, 1.165) is 63.3 Å². The lowest BCUT2D eigenvalue weighted by atomic mass is 10.0. The number of guanidine groups is 1. The summed E-state index contributed by atoms with van der Waals surface area (Å²) in [5, 5.41) is 6.45.